The smallest absolute Gasteiger partial charge is 0.307 e. The highest BCUT2D eigenvalue weighted by atomic mass is 16.4. The SMILES string of the molecule is CC(C)c1nc(=O)c2cc(CC(=O)O)ccc2n1-c1ccccc1. The molecule has 5 heteroatoms. The minimum absolute atomic E-state index is 0.0704. The van der Waals surface area contributed by atoms with E-state index >= 15 is 0 Å². The van der Waals surface area contributed by atoms with Gasteiger partial charge in [0.2, 0.25) is 0 Å². The van der Waals surface area contributed by atoms with Crippen LogP contribution < -0.4 is 5.56 Å². The van der Waals surface area contributed by atoms with Gasteiger partial charge in [-0.05, 0) is 29.8 Å². The van der Waals surface area contributed by atoms with Gasteiger partial charge in [0, 0.05) is 11.6 Å². The molecule has 3 aromatic rings. The van der Waals surface area contributed by atoms with Crippen LogP contribution in [0.25, 0.3) is 16.6 Å². The van der Waals surface area contributed by atoms with Crippen LogP contribution in [0.15, 0.2) is 53.3 Å². The van der Waals surface area contributed by atoms with Gasteiger partial charge in [-0.3, -0.25) is 14.2 Å². The van der Waals surface area contributed by atoms with Crippen molar-refractivity contribution < 1.29 is 9.90 Å². The van der Waals surface area contributed by atoms with Crippen LogP contribution in [0.2, 0.25) is 0 Å². The molecule has 5 nitrogen and oxygen atoms in total. The molecule has 24 heavy (non-hydrogen) atoms. The predicted molar refractivity (Wildman–Crippen MR) is 92.8 cm³/mol. The first-order valence-electron chi connectivity index (χ1n) is 7.80. The van der Waals surface area contributed by atoms with Crippen LogP contribution >= 0.6 is 0 Å². The minimum atomic E-state index is -0.926. The fourth-order valence-electron chi connectivity index (χ4n) is 2.81. The lowest BCUT2D eigenvalue weighted by Crippen LogP contribution is -2.19. The standard InChI is InChI=1S/C19H18N2O3/c1-12(2)18-20-19(24)15-10-13(11-17(22)23)8-9-16(15)21(18)14-6-4-3-5-7-14/h3-10,12H,11H2,1-2H3,(H,22,23). The first-order valence-corrected chi connectivity index (χ1v) is 7.80. The number of aliphatic carboxylic acids is 1. The van der Waals surface area contributed by atoms with Crippen molar-refractivity contribution in [3.8, 4) is 5.69 Å². The lowest BCUT2D eigenvalue weighted by Gasteiger charge is -2.18. The maximum Gasteiger partial charge on any atom is 0.307 e. The Kier molecular flexibility index (Phi) is 4.16. The van der Waals surface area contributed by atoms with E-state index in [0.717, 1.165) is 11.2 Å². The van der Waals surface area contributed by atoms with Crippen LogP contribution in [0.5, 0.6) is 0 Å². The van der Waals surface area contributed by atoms with Crippen molar-refractivity contribution >= 4 is 16.9 Å². The molecule has 1 N–H and O–H groups in total. The summed E-state index contributed by atoms with van der Waals surface area (Å²) in [5, 5.41) is 9.39. The third-order valence-corrected chi connectivity index (χ3v) is 3.86. The summed E-state index contributed by atoms with van der Waals surface area (Å²) in [5.74, 6) is -0.171. The number of para-hydroxylation sites is 1. The number of rotatable bonds is 4. The van der Waals surface area contributed by atoms with Gasteiger partial charge in [-0.2, -0.15) is 4.98 Å². The molecular weight excluding hydrogens is 304 g/mol. The molecule has 1 aromatic heterocycles. The Morgan fingerprint density at radius 1 is 1.17 bits per heavy atom. The van der Waals surface area contributed by atoms with Gasteiger partial charge < -0.3 is 5.11 Å². The van der Waals surface area contributed by atoms with Crippen molar-refractivity contribution in [1.29, 1.82) is 0 Å². The van der Waals surface area contributed by atoms with Crippen molar-refractivity contribution in [2.75, 3.05) is 0 Å². The molecule has 3 rings (SSSR count). The number of hydrogen-bond donors (Lipinski definition) is 1. The van der Waals surface area contributed by atoms with Gasteiger partial charge in [0.1, 0.15) is 5.82 Å². The van der Waals surface area contributed by atoms with Crippen LogP contribution in [0.1, 0.15) is 31.2 Å². The Hall–Kier alpha value is -2.95. The molecule has 0 unspecified atom stereocenters. The Labute approximate surface area is 139 Å². The van der Waals surface area contributed by atoms with Gasteiger partial charge in [0.25, 0.3) is 5.56 Å². The molecule has 0 aliphatic heterocycles. The normalized spacial score (nSPS) is 11.1. The lowest BCUT2D eigenvalue weighted by molar-refractivity contribution is -0.136. The highest BCUT2D eigenvalue weighted by Gasteiger charge is 2.15. The number of benzene rings is 2. The average molecular weight is 322 g/mol. The monoisotopic (exact) mass is 322 g/mol. The third kappa shape index (κ3) is 2.93. The third-order valence-electron chi connectivity index (χ3n) is 3.86. The van der Waals surface area contributed by atoms with Crippen molar-refractivity contribution in [1.82, 2.24) is 9.55 Å². The van der Waals surface area contributed by atoms with Gasteiger partial charge >= 0.3 is 5.97 Å². The number of carbonyl (C=O) groups is 1. The zero-order valence-corrected chi connectivity index (χ0v) is 13.6. The van der Waals surface area contributed by atoms with Crippen LogP contribution in [-0.4, -0.2) is 20.6 Å². The zero-order chi connectivity index (χ0) is 17.3. The number of carboxylic acid groups (broad SMARTS) is 1. The molecule has 0 fully saturated rings. The molecule has 0 amide bonds. The lowest BCUT2D eigenvalue weighted by atomic mass is 10.1. The molecule has 0 saturated carbocycles. The second-order valence-electron chi connectivity index (χ2n) is 6.02. The summed E-state index contributed by atoms with van der Waals surface area (Å²) < 4.78 is 1.96. The van der Waals surface area contributed by atoms with Gasteiger partial charge in [-0.25, -0.2) is 0 Å². The first-order chi connectivity index (χ1) is 11.5. The van der Waals surface area contributed by atoms with E-state index in [1.165, 1.54) is 0 Å². The van der Waals surface area contributed by atoms with Crippen molar-refractivity contribution in [2.24, 2.45) is 0 Å². The average Bonchev–Trinajstić information content (AvgIpc) is 2.55. The number of hydrogen-bond acceptors (Lipinski definition) is 3. The van der Waals surface area contributed by atoms with Gasteiger partial charge in [-0.1, -0.05) is 38.1 Å². The fraction of sp³-hybridized carbons (Fsp3) is 0.211. The van der Waals surface area contributed by atoms with Gasteiger partial charge in [0.05, 0.1) is 17.3 Å². The van der Waals surface area contributed by atoms with Crippen molar-refractivity contribution in [3.63, 3.8) is 0 Å². The molecule has 0 aliphatic carbocycles. The van der Waals surface area contributed by atoms with E-state index in [9.17, 15) is 9.59 Å². The number of aromatic nitrogens is 2. The van der Waals surface area contributed by atoms with E-state index in [1.54, 1.807) is 18.2 Å². The number of carboxylic acids is 1. The van der Waals surface area contributed by atoms with Gasteiger partial charge in [-0.15, -0.1) is 0 Å². The second kappa shape index (κ2) is 6.28. The fourth-order valence-corrected chi connectivity index (χ4v) is 2.81. The summed E-state index contributed by atoms with van der Waals surface area (Å²) in [6.07, 6.45) is -0.118. The molecule has 0 aliphatic rings. The summed E-state index contributed by atoms with van der Waals surface area (Å²) in [5.41, 5.74) is 1.92. The molecule has 0 radical (unpaired) electrons. The van der Waals surface area contributed by atoms with E-state index < -0.39 is 5.97 Å². The number of nitrogens with zero attached hydrogens (tertiary/aromatic N) is 2. The van der Waals surface area contributed by atoms with E-state index in [-0.39, 0.29) is 17.9 Å². The Morgan fingerprint density at radius 3 is 2.50 bits per heavy atom. The quantitative estimate of drug-likeness (QED) is 0.801. The Morgan fingerprint density at radius 2 is 1.88 bits per heavy atom. The highest BCUT2D eigenvalue weighted by molar-refractivity contribution is 5.82. The molecule has 122 valence electrons. The summed E-state index contributed by atoms with van der Waals surface area (Å²) in [7, 11) is 0. The molecular formula is C19H18N2O3. The Bertz CT molecular complexity index is 960. The molecule has 2 aromatic carbocycles. The highest BCUT2D eigenvalue weighted by Crippen LogP contribution is 2.23. The van der Waals surface area contributed by atoms with Crippen LogP contribution in [0.4, 0.5) is 0 Å². The molecule has 0 saturated heterocycles. The maximum atomic E-state index is 12.5. The summed E-state index contributed by atoms with van der Waals surface area (Å²) in [4.78, 5) is 27.6. The van der Waals surface area contributed by atoms with Gasteiger partial charge in [0.15, 0.2) is 0 Å². The van der Waals surface area contributed by atoms with Crippen LogP contribution in [-0.2, 0) is 11.2 Å². The maximum absolute atomic E-state index is 12.5. The van der Waals surface area contributed by atoms with Crippen molar-refractivity contribution in [3.05, 3.63) is 70.3 Å². The van der Waals surface area contributed by atoms with E-state index in [1.807, 2.05) is 48.7 Å². The predicted octanol–water partition coefficient (Wildman–Crippen LogP) is 3.14. The minimum Gasteiger partial charge on any atom is -0.481 e. The van der Waals surface area contributed by atoms with E-state index in [2.05, 4.69) is 4.98 Å². The van der Waals surface area contributed by atoms with Crippen molar-refractivity contribution in [2.45, 2.75) is 26.2 Å². The topological polar surface area (TPSA) is 72.2 Å². The van der Waals surface area contributed by atoms with Crippen LogP contribution in [0, 0.1) is 0 Å². The Balaban J connectivity index is 2.35. The van der Waals surface area contributed by atoms with Crippen LogP contribution in [0.3, 0.4) is 0 Å². The molecule has 0 atom stereocenters. The second-order valence-corrected chi connectivity index (χ2v) is 6.02. The first kappa shape index (κ1) is 15.9. The number of fused-ring (bicyclic) bond motifs is 1. The summed E-state index contributed by atoms with van der Waals surface area (Å²) in [6.45, 7) is 3.98. The summed E-state index contributed by atoms with van der Waals surface area (Å²) in [6, 6.07) is 14.9. The largest absolute Gasteiger partial charge is 0.481 e. The molecule has 1 heterocycles. The zero-order valence-electron chi connectivity index (χ0n) is 13.6. The summed E-state index contributed by atoms with van der Waals surface area (Å²) >= 11 is 0. The van der Waals surface area contributed by atoms with E-state index in [0.29, 0.717) is 16.8 Å². The molecule has 0 spiro atoms. The van der Waals surface area contributed by atoms with E-state index in [4.69, 9.17) is 5.11 Å². The molecule has 0 bridgehead atoms.